The third-order valence-corrected chi connectivity index (χ3v) is 2.81. The molecule has 1 rings (SSSR count). The first-order valence-corrected chi connectivity index (χ1v) is 5.74. The Morgan fingerprint density at radius 3 is 2.67 bits per heavy atom. The maximum absolute atomic E-state index is 3.94. The predicted octanol–water partition coefficient (Wildman–Crippen LogP) is 3.41. The highest BCUT2D eigenvalue weighted by Gasteiger charge is 2.14. The number of allylic oxidation sites excluding steroid dienone is 2. The van der Waals surface area contributed by atoms with Gasteiger partial charge in [0.1, 0.15) is 0 Å². The second kappa shape index (κ2) is 5.32. The molecule has 0 saturated heterocycles. The lowest BCUT2D eigenvalue weighted by atomic mass is 9.95. The van der Waals surface area contributed by atoms with Crippen LogP contribution in [0.15, 0.2) is 35.5 Å². The summed E-state index contributed by atoms with van der Waals surface area (Å²) >= 11 is 0. The summed E-state index contributed by atoms with van der Waals surface area (Å²) in [7, 11) is 2.15. The zero-order valence-corrected chi connectivity index (χ0v) is 10.5. The van der Waals surface area contributed by atoms with Crippen molar-refractivity contribution in [2.24, 2.45) is 5.92 Å². The van der Waals surface area contributed by atoms with Crippen LogP contribution in [0.2, 0.25) is 0 Å². The minimum atomic E-state index is 0.722. The van der Waals surface area contributed by atoms with Gasteiger partial charge in [-0.1, -0.05) is 38.2 Å². The highest BCUT2D eigenvalue weighted by Crippen LogP contribution is 2.24. The molecule has 0 spiro atoms. The fraction of sp³-hybridized carbons (Fsp3) is 0.571. The molecule has 0 bridgehead atoms. The Labute approximate surface area is 94.2 Å². The lowest BCUT2D eigenvalue weighted by Crippen LogP contribution is -2.14. The SMILES string of the molecule is C=C/C(C1=CCN(C)C1)=C(\C)CC(C)C. The zero-order valence-electron chi connectivity index (χ0n) is 10.5. The Bertz CT molecular complexity index is 294. The van der Waals surface area contributed by atoms with Crippen LogP contribution in [0.5, 0.6) is 0 Å². The maximum atomic E-state index is 3.94. The van der Waals surface area contributed by atoms with Crippen molar-refractivity contribution in [1.29, 1.82) is 0 Å². The highest BCUT2D eigenvalue weighted by molar-refractivity contribution is 5.44. The van der Waals surface area contributed by atoms with Gasteiger partial charge in [-0.05, 0) is 37.5 Å². The largest absolute Gasteiger partial charge is 0.298 e. The molecule has 1 nitrogen and oxygen atoms in total. The molecule has 0 aliphatic carbocycles. The topological polar surface area (TPSA) is 3.24 Å². The molecular weight excluding hydrogens is 182 g/mol. The van der Waals surface area contributed by atoms with E-state index < -0.39 is 0 Å². The third kappa shape index (κ3) is 3.35. The normalized spacial score (nSPS) is 19.1. The monoisotopic (exact) mass is 205 g/mol. The highest BCUT2D eigenvalue weighted by atomic mass is 15.1. The summed E-state index contributed by atoms with van der Waals surface area (Å²) in [6, 6.07) is 0. The summed E-state index contributed by atoms with van der Waals surface area (Å²) < 4.78 is 0. The number of hydrogen-bond donors (Lipinski definition) is 0. The molecule has 0 fully saturated rings. The van der Waals surface area contributed by atoms with Gasteiger partial charge in [0.15, 0.2) is 0 Å². The van der Waals surface area contributed by atoms with Crippen LogP contribution in [-0.4, -0.2) is 25.0 Å². The average molecular weight is 205 g/mol. The van der Waals surface area contributed by atoms with Crippen molar-refractivity contribution in [3.8, 4) is 0 Å². The molecule has 1 aliphatic heterocycles. The van der Waals surface area contributed by atoms with Crippen molar-refractivity contribution < 1.29 is 0 Å². The van der Waals surface area contributed by atoms with E-state index in [-0.39, 0.29) is 0 Å². The van der Waals surface area contributed by atoms with Gasteiger partial charge < -0.3 is 0 Å². The van der Waals surface area contributed by atoms with E-state index in [4.69, 9.17) is 0 Å². The molecule has 0 unspecified atom stereocenters. The van der Waals surface area contributed by atoms with Crippen LogP contribution in [0.25, 0.3) is 0 Å². The van der Waals surface area contributed by atoms with Crippen molar-refractivity contribution in [3.05, 3.63) is 35.5 Å². The molecule has 0 amide bonds. The van der Waals surface area contributed by atoms with E-state index in [0.717, 1.165) is 19.0 Å². The first kappa shape index (κ1) is 12.3. The van der Waals surface area contributed by atoms with E-state index in [0.29, 0.717) is 0 Å². The molecule has 0 aromatic carbocycles. The van der Waals surface area contributed by atoms with Gasteiger partial charge in [-0.15, -0.1) is 0 Å². The van der Waals surface area contributed by atoms with Gasteiger partial charge in [0.05, 0.1) is 0 Å². The quantitative estimate of drug-likeness (QED) is 0.636. The Hall–Kier alpha value is -0.820. The minimum Gasteiger partial charge on any atom is -0.298 e. The van der Waals surface area contributed by atoms with Gasteiger partial charge >= 0.3 is 0 Å². The van der Waals surface area contributed by atoms with E-state index in [2.05, 4.69) is 45.4 Å². The number of likely N-dealkylation sites (N-methyl/N-ethyl adjacent to an activating group) is 1. The molecule has 1 heteroatoms. The zero-order chi connectivity index (χ0) is 11.4. The second-order valence-corrected chi connectivity index (χ2v) is 4.92. The van der Waals surface area contributed by atoms with Gasteiger partial charge in [-0.2, -0.15) is 0 Å². The molecule has 0 aromatic rings. The Morgan fingerprint density at radius 1 is 1.60 bits per heavy atom. The summed E-state index contributed by atoms with van der Waals surface area (Å²) in [5, 5.41) is 0. The first-order chi connectivity index (χ1) is 7.04. The molecule has 15 heavy (non-hydrogen) atoms. The molecule has 0 aromatic heterocycles. The third-order valence-electron chi connectivity index (χ3n) is 2.81. The summed E-state index contributed by atoms with van der Waals surface area (Å²) in [6.45, 7) is 12.8. The van der Waals surface area contributed by atoms with Gasteiger partial charge in [-0.3, -0.25) is 4.90 Å². The summed E-state index contributed by atoms with van der Waals surface area (Å²) in [6.07, 6.45) is 5.51. The van der Waals surface area contributed by atoms with Crippen LogP contribution < -0.4 is 0 Å². The molecule has 0 radical (unpaired) electrons. The average Bonchev–Trinajstić information content (AvgIpc) is 2.51. The van der Waals surface area contributed by atoms with Crippen LogP contribution in [0.4, 0.5) is 0 Å². The number of nitrogens with zero attached hydrogens (tertiary/aromatic N) is 1. The summed E-state index contributed by atoms with van der Waals surface area (Å²) in [5.41, 5.74) is 4.29. The van der Waals surface area contributed by atoms with E-state index in [1.165, 1.54) is 23.1 Å². The van der Waals surface area contributed by atoms with Crippen molar-refractivity contribution in [1.82, 2.24) is 4.90 Å². The van der Waals surface area contributed by atoms with E-state index in [1.807, 2.05) is 6.08 Å². The van der Waals surface area contributed by atoms with Gasteiger partial charge in [0.2, 0.25) is 0 Å². The van der Waals surface area contributed by atoms with E-state index in [9.17, 15) is 0 Å². The molecule has 0 atom stereocenters. The van der Waals surface area contributed by atoms with Crippen molar-refractivity contribution in [2.75, 3.05) is 20.1 Å². The van der Waals surface area contributed by atoms with Crippen molar-refractivity contribution in [2.45, 2.75) is 27.2 Å². The van der Waals surface area contributed by atoms with Crippen LogP contribution >= 0.6 is 0 Å². The molecule has 84 valence electrons. The molecule has 1 aliphatic rings. The van der Waals surface area contributed by atoms with E-state index >= 15 is 0 Å². The fourth-order valence-corrected chi connectivity index (χ4v) is 2.18. The molecule has 0 saturated carbocycles. The smallest absolute Gasteiger partial charge is 0.0237 e. The molecule has 1 heterocycles. The molecule has 0 N–H and O–H groups in total. The standard InChI is InChI=1S/C14H23N/c1-6-14(12(4)9-11(2)3)13-7-8-15(5)10-13/h6-7,11H,1,8-10H2,2-5H3/b14-12-. The fourth-order valence-electron chi connectivity index (χ4n) is 2.18. The number of rotatable bonds is 4. The van der Waals surface area contributed by atoms with E-state index in [1.54, 1.807) is 0 Å². The van der Waals surface area contributed by atoms with Crippen LogP contribution in [0, 0.1) is 5.92 Å². The van der Waals surface area contributed by atoms with Gasteiger partial charge in [0.25, 0.3) is 0 Å². The maximum Gasteiger partial charge on any atom is 0.0237 e. The predicted molar refractivity (Wildman–Crippen MR) is 67.9 cm³/mol. The summed E-state index contributed by atoms with van der Waals surface area (Å²) in [5.74, 6) is 0.722. The van der Waals surface area contributed by atoms with Gasteiger partial charge in [0, 0.05) is 13.1 Å². The lowest BCUT2D eigenvalue weighted by molar-refractivity contribution is 0.430. The lowest BCUT2D eigenvalue weighted by Gasteiger charge is -2.13. The van der Waals surface area contributed by atoms with Crippen LogP contribution in [-0.2, 0) is 0 Å². The Kier molecular flexibility index (Phi) is 4.34. The summed E-state index contributed by atoms with van der Waals surface area (Å²) in [4.78, 5) is 2.32. The van der Waals surface area contributed by atoms with Crippen molar-refractivity contribution in [3.63, 3.8) is 0 Å². The van der Waals surface area contributed by atoms with Gasteiger partial charge in [-0.25, -0.2) is 0 Å². The van der Waals surface area contributed by atoms with Crippen LogP contribution in [0.1, 0.15) is 27.2 Å². The first-order valence-electron chi connectivity index (χ1n) is 5.74. The van der Waals surface area contributed by atoms with Crippen molar-refractivity contribution >= 4 is 0 Å². The Morgan fingerprint density at radius 2 is 2.27 bits per heavy atom. The molecular formula is C14H23N. The minimum absolute atomic E-state index is 0.722. The second-order valence-electron chi connectivity index (χ2n) is 4.92. The Balaban J connectivity index is 2.82. The van der Waals surface area contributed by atoms with Crippen LogP contribution in [0.3, 0.4) is 0 Å². The number of hydrogen-bond acceptors (Lipinski definition) is 1.